The van der Waals surface area contributed by atoms with E-state index < -0.39 is 5.82 Å². The number of halogens is 2. The van der Waals surface area contributed by atoms with E-state index in [1.54, 1.807) is 26.4 Å². The molecular formula is C13H14BrFN2O2. The Kier molecular flexibility index (Phi) is 4.40. The van der Waals surface area contributed by atoms with Crippen molar-refractivity contribution in [3.63, 3.8) is 0 Å². The summed E-state index contributed by atoms with van der Waals surface area (Å²) in [5.41, 5.74) is 0.736. The fourth-order valence-corrected chi connectivity index (χ4v) is 2.69. The summed E-state index contributed by atoms with van der Waals surface area (Å²) >= 11 is 3.12. The van der Waals surface area contributed by atoms with E-state index in [1.165, 1.54) is 0 Å². The first kappa shape index (κ1) is 14.3. The Morgan fingerprint density at radius 2 is 1.89 bits per heavy atom. The molecule has 0 amide bonds. The molecule has 0 bridgehead atoms. The third-order valence-electron chi connectivity index (χ3n) is 3.34. The average Bonchev–Trinajstić information content (AvgIpc) is 2.84. The first-order chi connectivity index (χ1) is 9.12. The summed E-state index contributed by atoms with van der Waals surface area (Å²) < 4.78 is 25.1. The molecule has 2 unspecified atom stereocenters. The SMILES string of the molecule is COC1CN(c2ccc(C#N)c(Br)c2F)CC1OC. The summed E-state index contributed by atoms with van der Waals surface area (Å²) in [5.74, 6) is -0.425. The highest BCUT2D eigenvalue weighted by atomic mass is 79.9. The highest BCUT2D eigenvalue weighted by Crippen LogP contribution is 2.32. The highest BCUT2D eigenvalue weighted by Gasteiger charge is 2.34. The molecule has 4 nitrogen and oxygen atoms in total. The monoisotopic (exact) mass is 328 g/mol. The summed E-state index contributed by atoms with van der Waals surface area (Å²) in [7, 11) is 3.23. The maximum Gasteiger partial charge on any atom is 0.161 e. The van der Waals surface area contributed by atoms with Gasteiger partial charge in [-0.3, -0.25) is 0 Å². The van der Waals surface area contributed by atoms with Crippen molar-refractivity contribution in [1.82, 2.24) is 0 Å². The number of ether oxygens (including phenoxy) is 2. The smallest absolute Gasteiger partial charge is 0.161 e. The van der Waals surface area contributed by atoms with E-state index in [-0.39, 0.29) is 22.2 Å². The molecule has 0 spiro atoms. The molecule has 0 N–H and O–H groups in total. The van der Waals surface area contributed by atoms with Gasteiger partial charge in [0.25, 0.3) is 0 Å². The molecule has 1 aromatic rings. The molecule has 0 radical (unpaired) electrons. The van der Waals surface area contributed by atoms with Crippen molar-refractivity contribution in [2.75, 3.05) is 32.2 Å². The normalized spacial score (nSPS) is 22.6. The van der Waals surface area contributed by atoms with Gasteiger partial charge in [0.05, 0.1) is 15.7 Å². The topological polar surface area (TPSA) is 45.5 Å². The Hall–Kier alpha value is -1.16. The molecule has 1 saturated heterocycles. The molecule has 1 aliphatic rings. The van der Waals surface area contributed by atoms with Crippen LogP contribution in [0.1, 0.15) is 5.56 Å². The summed E-state index contributed by atoms with van der Waals surface area (Å²) in [6.07, 6.45) is -0.169. The van der Waals surface area contributed by atoms with Gasteiger partial charge in [0.1, 0.15) is 18.3 Å². The van der Waals surface area contributed by atoms with Crippen LogP contribution in [-0.2, 0) is 9.47 Å². The van der Waals surface area contributed by atoms with Gasteiger partial charge in [0, 0.05) is 27.3 Å². The summed E-state index contributed by atoms with van der Waals surface area (Å²) in [6.45, 7) is 1.12. The van der Waals surface area contributed by atoms with Crippen molar-refractivity contribution >= 4 is 21.6 Å². The van der Waals surface area contributed by atoms with Crippen LogP contribution in [0, 0.1) is 17.1 Å². The third kappa shape index (κ3) is 2.59. The molecule has 0 aromatic heterocycles. The molecular weight excluding hydrogens is 315 g/mol. The summed E-state index contributed by atoms with van der Waals surface area (Å²) in [4.78, 5) is 1.86. The second-order valence-electron chi connectivity index (χ2n) is 4.33. The van der Waals surface area contributed by atoms with Crippen LogP contribution in [0.25, 0.3) is 0 Å². The van der Waals surface area contributed by atoms with Crippen molar-refractivity contribution in [1.29, 1.82) is 5.26 Å². The number of hydrogen-bond donors (Lipinski definition) is 0. The zero-order valence-corrected chi connectivity index (χ0v) is 12.3. The molecule has 19 heavy (non-hydrogen) atoms. The molecule has 6 heteroatoms. The lowest BCUT2D eigenvalue weighted by atomic mass is 10.2. The van der Waals surface area contributed by atoms with Gasteiger partial charge >= 0.3 is 0 Å². The molecule has 2 rings (SSSR count). The van der Waals surface area contributed by atoms with Crippen LogP contribution in [0.2, 0.25) is 0 Å². The fourth-order valence-electron chi connectivity index (χ4n) is 2.26. The van der Waals surface area contributed by atoms with E-state index in [0.29, 0.717) is 18.8 Å². The van der Waals surface area contributed by atoms with Crippen LogP contribution in [0.15, 0.2) is 16.6 Å². The minimum Gasteiger partial charge on any atom is -0.377 e. The average molecular weight is 329 g/mol. The van der Waals surface area contributed by atoms with Crippen LogP contribution in [0.3, 0.4) is 0 Å². The van der Waals surface area contributed by atoms with Gasteiger partial charge in [-0.15, -0.1) is 0 Å². The van der Waals surface area contributed by atoms with Crippen LogP contribution in [0.5, 0.6) is 0 Å². The number of rotatable bonds is 3. The van der Waals surface area contributed by atoms with Crippen molar-refractivity contribution < 1.29 is 13.9 Å². The van der Waals surface area contributed by atoms with E-state index in [0.717, 1.165) is 0 Å². The standard InChI is InChI=1S/C13H14BrFN2O2/c1-18-10-6-17(7-11(10)19-2)9-4-3-8(5-16)12(14)13(9)15/h3-4,10-11H,6-7H2,1-2H3. The number of nitriles is 1. The van der Waals surface area contributed by atoms with E-state index in [2.05, 4.69) is 15.9 Å². The van der Waals surface area contributed by atoms with Crippen LogP contribution in [-0.4, -0.2) is 39.5 Å². The van der Waals surface area contributed by atoms with Gasteiger partial charge in [-0.2, -0.15) is 5.26 Å². The van der Waals surface area contributed by atoms with E-state index in [4.69, 9.17) is 14.7 Å². The minimum atomic E-state index is -0.425. The quantitative estimate of drug-likeness (QED) is 0.854. The number of hydrogen-bond acceptors (Lipinski definition) is 4. The number of anilines is 1. The summed E-state index contributed by atoms with van der Waals surface area (Å²) in [5, 5.41) is 8.86. The predicted octanol–water partition coefficient (Wildman–Crippen LogP) is 2.31. The lowest BCUT2D eigenvalue weighted by Crippen LogP contribution is -2.27. The molecule has 1 aliphatic heterocycles. The van der Waals surface area contributed by atoms with Crippen LogP contribution in [0.4, 0.5) is 10.1 Å². The highest BCUT2D eigenvalue weighted by molar-refractivity contribution is 9.10. The molecule has 0 saturated carbocycles. The van der Waals surface area contributed by atoms with Crippen molar-refractivity contribution in [3.05, 3.63) is 28.0 Å². The van der Waals surface area contributed by atoms with Gasteiger partial charge in [-0.25, -0.2) is 4.39 Å². The van der Waals surface area contributed by atoms with Gasteiger partial charge in [-0.05, 0) is 28.1 Å². The molecule has 2 atom stereocenters. The predicted molar refractivity (Wildman–Crippen MR) is 72.6 cm³/mol. The first-order valence-corrected chi connectivity index (χ1v) is 6.60. The minimum absolute atomic E-state index is 0.0844. The lowest BCUT2D eigenvalue weighted by Gasteiger charge is -2.19. The number of nitrogens with zero attached hydrogens (tertiary/aromatic N) is 2. The largest absolute Gasteiger partial charge is 0.377 e. The van der Waals surface area contributed by atoms with Gasteiger partial charge in [-0.1, -0.05) is 0 Å². The molecule has 0 aliphatic carbocycles. The van der Waals surface area contributed by atoms with E-state index in [1.807, 2.05) is 11.0 Å². The maximum absolute atomic E-state index is 14.2. The van der Waals surface area contributed by atoms with Crippen molar-refractivity contribution in [2.45, 2.75) is 12.2 Å². The lowest BCUT2D eigenvalue weighted by molar-refractivity contribution is -0.00461. The fraction of sp³-hybridized carbons (Fsp3) is 0.462. The van der Waals surface area contributed by atoms with Gasteiger partial charge < -0.3 is 14.4 Å². The molecule has 1 aromatic carbocycles. The Bertz CT molecular complexity index is 506. The number of benzene rings is 1. The zero-order valence-electron chi connectivity index (χ0n) is 10.7. The van der Waals surface area contributed by atoms with Crippen LogP contribution < -0.4 is 4.90 Å². The van der Waals surface area contributed by atoms with Crippen molar-refractivity contribution in [2.24, 2.45) is 0 Å². The second kappa shape index (κ2) is 5.87. The van der Waals surface area contributed by atoms with Crippen LogP contribution >= 0.6 is 15.9 Å². The Morgan fingerprint density at radius 3 is 2.37 bits per heavy atom. The van der Waals surface area contributed by atoms with Gasteiger partial charge in [0.15, 0.2) is 5.82 Å². The molecule has 102 valence electrons. The van der Waals surface area contributed by atoms with Crippen molar-refractivity contribution in [3.8, 4) is 6.07 Å². The Morgan fingerprint density at radius 1 is 1.32 bits per heavy atom. The van der Waals surface area contributed by atoms with E-state index >= 15 is 0 Å². The van der Waals surface area contributed by atoms with Gasteiger partial charge in [0.2, 0.25) is 0 Å². The molecule has 1 fully saturated rings. The number of methoxy groups -OCH3 is 2. The molecule has 1 heterocycles. The zero-order chi connectivity index (χ0) is 14.0. The van der Waals surface area contributed by atoms with E-state index in [9.17, 15) is 4.39 Å². The Balaban J connectivity index is 2.30. The summed E-state index contributed by atoms with van der Waals surface area (Å²) in [6, 6.07) is 5.16. The first-order valence-electron chi connectivity index (χ1n) is 5.81. The second-order valence-corrected chi connectivity index (χ2v) is 5.12. The third-order valence-corrected chi connectivity index (χ3v) is 4.12. The maximum atomic E-state index is 14.2. The Labute approximate surface area is 119 Å².